The maximum atomic E-state index is 12.7. The highest BCUT2D eigenvalue weighted by molar-refractivity contribution is 5.96. The molecule has 0 bridgehead atoms. The first-order chi connectivity index (χ1) is 9.95. The molecule has 1 amide bonds. The van der Waals surface area contributed by atoms with E-state index in [1.54, 1.807) is 0 Å². The summed E-state index contributed by atoms with van der Waals surface area (Å²) in [5.41, 5.74) is 3.20. The standard InChI is InChI=1S/C17H25N3O/c1-17(2,3)13-6-9-20(11-13)16(21)12-4-5-14-15(10-12)19-8-7-18-14/h4-5,10,13,18-19H,6-9,11H2,1-3H3. The highest BCUT2D eigenvalue weighted by Crippen LogP contribution is 2.34. The van der Waals surface area contributed by atoms with Crippen molar-refractivity contribution in [1.29, 1.82) is 0 Å². The van der Waals surface area contributed by atoms with E-state index in [0.717, 1.165) is 49.5 Å². The van der Waals surface area contributed by atoms with Crippen LogP contribution in [0.1, 0.15) is 37.6 Å². The highest BCUT2D eigenvalue weighted by Gasteiger charge is 2.34. The van der Waals surface area contributed by atoms with E-state index in [4.69, 9.17) is 0 Å². The molecule has 2 heterocycles. The molecule has 2 aliphatic heterocycles. The molecule has 2 aliphatic rings. The van der Waals surface area contributed by atoms with Crippen LogP contribution in [0.5, 0.6) is 0 Å². The van der Waals surface area contributed by atoms with Crippen molar-refractivity contribution in [3.63, 3.8) is 0 Å². The van der Waals surface area contributed by atoms with Crippen molar-refractivity contribution in [2.75, 3.05) is 36.8 Å². The monoisotopic (exact) mass is 287 g/mol. The van der Waals surface area contributed by atoms with E-state index in [1.165, 1.54) is 0 Å². The largest absolute Gasteiger partial charge is 0.382 e. The minimum atomic E-state index is 0.164. The van der Waals surface area contributed by atoms with Gasteiger partial charge in [0, 0.05) is 31.7 Å². The molecule has 1 unspecified atom stereocenters. The normalized spacial score (nSPS) is 21.5. The third-order valence-corrected chi connectivity index (χ3v) is 4.72. The molecule has 0 spiro atoms. The second kappa shape index (κ2) is 5.24. The Bertz CT molecular complexity index is 547. The zero-order chi connectivity index (χ0) is 15.0. The minimum Gasteiger partial charge on any atom is -0.382 e. The van der Waals surface area contributed by atoms with Gasteiger partial charge in [0.05, 0.1) is 11.4 Å². The predicted octanol–water partition coefficient (Wildman–Crippen LogP) is 3.03. The van der Waals surface area contributed by atoms with Crippen molar-refractivity contribution in [3.8, 4) is 0 Å². The van der Waals surface area contributed by atoms with Crippen LogP contribution in [0.2, 0.25) is 0 Å². The molecule has 0 aliphatic carbocycles. The number of anilines is 2. The van der Waals surface area contributed by atoms with E-state index in [-0.39, 0.29) is 11.3 Å². The third kappa shape index (κ3) is 2.85. The fourth-order valence-corrected chi connectivity index (χ4v) is 3.21. The number of rotatable bonds is 1. The van der Waals surface area contributed by atoms with Gasteiger partial charge in [0.15, 0.2) is 0 Å². The molecule has 3 rings (SSSR count). The molecule has 2 N–H and O–H groups in total. The van der Waals surface area contributed by atoms with Crippen molar-refractivity contribution in [3.05, 3.63) is 23.8 Å². The van der Waals surface area contributed by atoms with Gasteiger partial charge >= 0.3 is 0 Å². The lowest BCUT2D eigenvalue weighted by atomic mass is 9.80. The first kappa shape index (κ1) is 14.2. The Morgan fingerprint density at radius 1 is 1.19 bits per heavy atom. The highest BCUT2D eigenvalue weighted by atomic mass is 16.2. The summed E-state index contributed by atoms with van der Waals surface area (Å²) in [7, 11) is 0. The summed E-state index contributed by atoms with van der Waals surface area (Å²) < 4.78 is 0. The van der Waals surface area contributed by atoms with Crippen molar-refractivity contribution in [2.45, 2.75) is 27.2 Å². The summed E-state index contributed by atoms with van der Waals surface area (Å²) in [6, 6.07) is 5.92. The van der Waals surface area contributed by atoms with Gasteiger partial charge in [0.2, 0.25) is 0 Å². The molecule has 1 aromatic carbocycles. The zero-order valence-electron chi connectivity index (χ0n) is 13.2. The van der Waals surface area contributed by atoms with E-state index in [2.05, 4.69) is 31.4 Å². The van der Waals surface area contributed by atoms with Gasteiger partial charge in [-0.3, -0.25) is 4.79 Å². The Morgan fingerprint density at radius 3 is 2.57 bits per heavy atom. The quantitative estimate of drug-likeness (QED) is 0.834. The number of amides is 1. The van der Waals surface area contributed by atoms with Crippen LogP contribution in [0.15, 0.2) is 18.2 Å². The van der Waals surface area contributed by atoms with Gasteiger partial charge in [-0.05, 0) is 36.0 Å². The van der Waals surface area contributed by atoms with Crippen LogP contribution in [0.4, 0.5) is 11.4 Å². The minimum absolute atomic E-state index is 0.164. The molecule has 0 radical (unpaired) electrons. The summed E-state index contributed by atoms with van der Waals surface area (Å²) >= 11 is 0. The topological polar surface area (TPSA) is 44.4 Å². The van der Waals surface area contributed by atoms with Crippen LogP contribution in [-0.2, 0) is 0 Å². The number of hydrogen-bond donors (Lipinski definition) is 2. The maximum Gasteiger partial charge on any atom is 0.253 e. The number of nitrogens with zero attached hydrogens (tertiary/aromatic N) is 1. The smallest absolute Gasteiger partial charge is 0.253 e. The summed E-state index contributed by atoms with van der Waals surface area (Å²) in [5.74, 6) is 0.760. The molecular weight excluding hydrogens is 262 g/mol. The summed E-state index contributed by atoms with van der Waals surface area (Å²) in [6.07, 6.45) is 1.11. The number of carbonyl (C=O) groups is 1. The van der Waals surface area contributed by atoms with E-state index in [1.807, 2.05) is 23.1 Å². The first-order valence-electron chi connectivity index (χ1n) is 7.86. The van der Waals surface area contributed by atoms with Crippen molar-refractivity contribution >= 4 is 17.3 Å². The Balaban J connectivity index is 1.74. The van der Waals surface area contributed by atoms with Gasteiger partial charge in [0.25, 0.3) is 5.91 Å². The second-order valence-corrected chi connectivity index (χ2v) is 7.22. The van der Waals surface area contributed by atoms with Crippen LogP contribution < -0.4 is 10.6 Å². The molecule has 4 heteroatoms. The number of hydrogen-bond acceptors (Lipinski definition) is 3. The van der Waals surface area contributed by atoms with Crippen LogP contribution in [-0.4, -0.2) is 37.0 Å². The Kier molecular flexibility index (Phi) is 3.56. The van der Waals surface area contributed by atoms with Gasteiger partial charge in [-0.1, -0.05) is 20.8 Å². The zero-order valence-corrected chi connectivity index (χ0v) is 13.2. The molecule has 0 saturated carbocycles. The number of carbonyl (C=O) groups excluding carboxylic acids is 1. The second-order valence-electron chi connectivity index (χ2n) is 7.22. The Labute approximate surface area is 126 Å². The van der Waals surface area contributed by atoms with E-state index < -0.39 is 0 Å². The third-order valence-electron chi connectivity index (χ3n) is 4.72. The van der Waals surface area contributed by atoms with E-state index in [0.29, 0.717) is 5.92 Å². The van der Waals surface area contributed by atoms with Gasteiger partial charge in [-0.2, -0.15) is 0 Å². The van der Waals surface area contributed by atoms with Crippen LogP contribution in [0.25, 0.3) is 0 Å². The lowest BCUT2D eigenvalue weighted by Gasteiger charge is -2.27. The first-order valence-corrected chi connectivity index (χ1v) is 7.86. The molecule has 114 valence electrons. The van der Waals surface area contributed by atoms with Crippen molar-refractivity contribution < 1.29 is 4.79 Å². The number of likely N-dealkylation sites (tertiary alicyclic amines) is 1. The van der Waals surface area contributed by atoms with E-state index >= 15 is 0 Å². The Morgan fingerprint density at radius 2 is 1.90 bits per heavy atom. The van der Waals surface area contributed by atoms with Gasteiger partial charge < -0.3 is 15.5 Å². The van der Waals surface area contributed by atoms with Crippen LogP contribution in [0, 0.1) is 11.3 Å². The molecule has 0 aromatic heterocycles. The summed E-state index contributed by atoms with van der Waals surface area (Å²) in [4.78, 5) is 14.7. The van der Waals surface area contributed by atoms with Crippen molar-refractivity contribution in [2.24, 2.45) is 11.3 Å². The van der Waals surface area contributed by atoms with E-state index in [9.17, 15) is 4.79 Å². The van der Waals surface area contributed by atoms with Crippen molar-refractivity contribution in [1.82, 2.24) is 4.90 Å². The molecule has 1 atom stereocenters. The molecule has 1 fully saturated rings. The fourth-order valence-electron chi connectivity index (χ4n) is 3.21. The maximum absolute atomic E-state index is 12.7. The van der Waals surface area contributed by atoms with Gasteiger partial charge in [0.1, 0.15) is 0 Å². The predicted molar refractivity (Wildman–Crippen MR) is 86.9 cm³/mol. The Hall–Kier alpha value is -1.71. The average Bonchev–Trinajstić information content (AvgIpc) is 2.96. The summed E-state index contributed by atoms with van der Waals surface area (Å²) in [6.45, 7) is 10.4. The molecule has 21 heavy (non-hydrogen) atoms. The molecule has 1 aromatic rings. The number of benzene rings is 1. The van der Waals surface area contributed by atoms with Gasteiger partial charge in [-0.15, -0.1) is 0 Å². The summed E-state index contributed by atoms with van der Waals surface area (Å²) in [5, 5.41) is 6.69. The van der Waals surface area contributed by atoms with Gasteiger partial charge in [-0.25, -0.2) is 0 Å². The average molecular weight is 287 g/mol. The number of fused-ring (bicyclic) bond motifs is 1. The van der Waals surface area contributed by atoms with Crippen LogP contribution >= 0.6 is 0 Å². The fraction of sp³-hybridized carbons (Fsp3) is 0.588. The number of nitrogens with one attached hydrogen (secondary N) is 2. The molecule has 4 nitrogen and oxygen atoms in total. The lowest BCUT2D eigenvalue weighted by Crippen LogP contribution is -2.31. The molecular formula is C17H25N3O. The SMILES string of the molecule is CC(C)(C)C1CCN(C(=O)c2ccc3c(c2)NCCN3)C1. The lowest BCUT2D eigenvalue weighted by molar-refractivity contribution is 0.0776. The van der Waals surface area contributed by atoms with Crippen LogP contribution in [0.3, 0.4) is 0 Å². The molecule has 1 saturated heterocycles.